The molecule has 0 aromatic carbocycles. The largest absolute Gasteiger partial charge is 0.481 e. The lowest BCUT2D eigenvalue weighted by molar-refractivity contribution is -0.134. The number of hydrogen-bond acceptors (Lipinski definition) is 5. The van der Waals surface area contributed by atoms with Crippen LogP contribution >= 0.6 is 0 Å². The van der Waals surface area contributed by atoms with E-state index >= 15 is 0 Å². The second-order valence-corrected chi connectivity index (χ2v) is 7.57. The van der Waals surface area contributed by atoms with E-state index in [1.807, 2.05) is 24.8 Å². The number of carbonyl (C=O) groups excluding carboxylic acids is 2. The van der Waals surface area contributed by atoms with Gasteiger partial charge in [-0.1, -0.05) is 12.8 Å². The zero-order chi connectivity index (χ0) is 19.6. The van der Waals surface area contributed by atoms with Crippen molar-refractivity contribution in [3.8, 4) is 5.88 Å². The Kier molecular flexibility index (Phi) is 5.99. The molecule has 0 spiro atoms. The summed E-state index contributed by atoms with van der Waals surface area (Å²) in [4.78, 5) is 31.5. The molecule has 2 aliphatic rings. The fraction of sp³-hybridized carbons (Fsp3) is 0.650. The molecule has 7 heteroatoms. The summed E-state index contributed by atoms with van der Waals surface area (Å²) in [6.07, 6.45) is 3.91. The van der Waals surface area contributed by atoms with Crippen molar-refractivity contribution >= 4 is 11.8 Å². The normalized spacial score (nSPS) is 18.1. The minimum atomic E-state index is -0.544. The monoisotopic (exact) mass is 375 g/mol. The lowest BCUT2D eigenvalue weighted by Crippen LogP contribution is -2.35. The fourth-order valence-electron chi connectivity index (χ4n) is 3.88. The molecular weight excluding hydrogens is 346 g/mol. The number of hydrogen-bond donors (Lipinski definition) is 1. The summed E-state index contributed by atoms with van der Waals surface area (Å²) >= 11 is 0. The van der Waals surface area contributed by atoms with Gasteiger partial charge in [-0.15, -0.1) is 0 Å². The van der Waals surface area contributed by atoms with E-state index in [2.05, 4.69) is 10.3 Å². The van der Waals surface area contributed by atoms with E-state index < -0.39 is 6.10 Å². The van der Waals surface area contributed by atoms with Crippen LogP contribution in [-0.2, 0) is 22.6 Å². The second-order valence-electron chi connectivity index (χ2n) is 7.57. The second kappa shape index (κ2) is 8.25. The van der Waals surface area contributed by atoms with Crippen LogP contribution in [0.15, 0.2) is 6.07 Å². The Balaban J connectivity index is 1.72. The lowest BCUT2D eigenvalue weighted by Gasteiger charge is -2.22. The maximum Gasteiger partial charge on any atom is 0.256 e. The molecule has 1 aliphatic heterocycles. The molecule has 1 atom stereocenters. The van der Waals surface area contributed by atoms with Crippen LogP contribution < -0.4 is 10.1 Å². The zero-order valence-electron chi connectivity index (χ0n) is 16.6. The van der Waals surface area contributed by atoms with Crippen molar-refractivity contribution in [2.75, 3.05) is 7.11 Å². The number of aromatic nitrogens is 1. The van der Waals surface area contributed by atoms with Gasteiger partial charge in [-0.25, -0.2) is 4.98 Å². The first-order valence-corrected chi connectivity index (χ1v) is 9.71. The van der Waals surface area contributed by atoms with Gasteiger partial charge < -0.3 is 19.7 Å². The summed E-state index contributed by atoms with van der Waals surface area (Å²) in [6, 6.07) is 2.13. The third kappa shape index (κ3) is 4.24. The topological polar surface area (TPSA) is 80.8 Å². The molecule has 1 aromatic heterocycles. The van der Waals surface area contributed by atoms with Gasteiger partial charge >= 0.3 is 0 Å². The molecule has 2 heterocycles. The molecule has 1 aromatic rings. The molecule has 0 bridgehead atoms. The molecule has 0 radical (unpaired) electrons. The molecule has 1 N–H and O–H groups in total. The predicted octanol–water partition coefficient (Wildman–Crippen LogP) is 2.42. The third-order valence-electron chi connectivity index (χ3n) is 5.21. The molecule has 148 valence electrons. The van der Waals surface area contributed by atoms with E-state index in [0.717, 1.165) is 18.5 Å². The van der Waals surface area contributed by atoms with Crippen LogP contribution in [0.25, 0.3) is 0 Å². The summed E-state index contributed by atoms with van der Waals surface area (Å²) in [7, 11) is 1.55. The highest BCUT2D eigenvalue weighted by Gasteiger charge is 2.36. The van der Waals surface area contributed by atoms with Crippen molar-refractivity contribution in [3.63, 3.8) is 0 Å². The molecule has 0 saturated heterocycles. The van der Waals surface area contributed by atoms with Gasteiger partial charge in [-0.2, -0.15) is 0 Å². The molecule has 3 rings (SSSR count). The Hall–Kier alpha value is -2.15. The minimum absolute atomic E-state index is 0.0267. The van der Waals surface area contributed by atoms with Crippen molar-refractivity contribution in [2.45, 2.75) is 77.8 Å². The molecule has 1 aliphatic carbocycles. The number of methoxy groups -OCH3 is 1. The number of nitrogens with one attached hydrogen (secondary N) is 1. The Morgan fingerprint density at radius 2 is 2.04 bits per heavy atom. The van der Waals surface area contributed by atoms with Gasteiger partial charge in [0.15, 0.2) is 0 Å². The molecule has 2 amide bonds. The Morgan fingerprint density at radius 3 is 2.67 bits per heavy atom. The number of amides is 2. The molecule has 0 unspecified atom stereocenters. The van der Waals surface area contributed by atoms with Crippen molar-refractivity contribution in [3.05, 3.63) is 22.9 Å². The summed E-state index contributed by atoms with van der Waals surface area (Å²) in [5.74, 6) is 0.286. The van der Waals surface area contributed by atoms with E-state index in [4.69, 9.17) is 9.47 Å². The van der Waals surface area contributed by atoms with Gasteiger partial charge in [0.1, 0.15) is 6.10 Å². The minimum Gasteiger partial charge on any atom is -0.481 e. The van der Waals surface area contributed by atoms with Crippen LogP contribution in [0.2, 0.25) is 0 Å². The molecular formula is C20H29N3O4. The summed E-state index contributed by atoms with van der Waals surface area (Å²) in [5, 5.41) is 2.84. The van der Waals surface area contributed by atoms with Gasteiger partial charge in [0.2, 0.25) is 11.8 Å². The van der Waals surface area contributed by atoms with Gasteiger partial charge in [0.05, 0.1) is 31.0 Å². The van der Waals surface area contributed by atoms with Crippen molar-refractivity contribution in [1.82, 2.24) is 15.2 Å². The molecule has 27 heavy (non-hydrogen) atoms. The predicted molar refractivity (Wildman–Crippen MR) is 100 cm³/mol. The Morgan fingerprint density at radius 1 is 1.33 bits per heavy atom. The van der Waals surface area contributed by atoms with Crippen LogP contribution in [0.3, 0.4) is 0 Å². The quantitative estimate of drug-likeness (QED) is 0.792. The van der Waals surface area contributed by atoms with Crippen LogP contribution in [0.4, 0.5) is 0 Å². The summed E-state index contributed by atoms with van der Waals surface area (Å²) in [6.45, 7) is 6.28. The Labute approximate surface area is 160 Å². The molecule has 1 saturated carbocycles. The highest BCUT2D eigenvalue weighted by molar-refractivity contribution is 5.98. The van der Waals surface area contributed by atoms with Gasteiger partial charge in [0, 0.05) is 18.2 Å². The highest BCUT2D eigenvalue weighted by Crippen LogP contribution is 2.33. The van der Waals surface area contributed by atoms with Crippen LogP contribution in [0.1, 0.15) is 68.1 Å². The standard InChI is InChI=1S/C20H29N3O4/c1-12(2)27-13(3)18(24)21-10-14-9-16-17(22-19(14)26-4)11-23(20(16)25)15-7-5-6-8-15/h9,12-13,15H,5-8,10-11H2,1-4H3,(H,21,24)/t13-/m1/s1. The first-order valence-electron chi connectivity index (χ1n) is 9.71. The number of fused-ring (bicyclic) bond motifs is 1. The smallest absolute Gasteiger partial charge is 0.256 e. The summed E-state index contributed by atoms with van der Waals surface area (Å²) in [5.41, 5.74) is 2.08. The van der Waals surface area contributed by atoms with Crippen LogP contribution in [0.5, 0.6) is 5.88 Å². The highest BCUT2D eigenvalue weighted by atomic mass is 16.5. The van der Waals surface area contributed by atoms with E-state index in [-0.39, 0.29) is 24.5 Å². The zero-order valence-corrected chi connectivity index (χ0v) is 16.6. The average Bonchev–Trinajstić information content (AvgIpc) is 3.26. The Bertz CT molecular complexity index is 713. The lowest BCUT2D eigenvalue weighted by atomic mass is 10.1. The number of rotatable bonds is 7. The van der Waals surface area contributed by atoms with Crippen LogP contribution in [0, 0.1) is 0 Å². The van der Waals surface area contributed by atoms with Crippen molar-refractivity contribution in [2.24, 2.45) is 0 Å². The number of ether oxygens (including phenoxy) is 2. The molecule has 1 fully saturated rings. The number of nitrogens with zero attached hydrogens (tertiary/aromatic N) is 2. The fourth-order valence-corrected chi connectivity index (χ4v) is 3.88. The maximum atomic E-state index is 12.8. The van der Waals surface area contributed by atoms with Gasteiger partial charge in [0.25, 0.3) is 5.91 Å². The van der Waals surface area contributed by atoms with Crippen molar-refractivity contribution in [1.29, 1.82) is 0 Å². The first kappa shape index (κ1) is 19.6. The number of carbonyl (C=O) groups is 2. The summed E-state index contributed by atoms with van der Waals surface area (Å²) < 4.78 is 10.9. The van der Waals surface area contributed by atoms with E-state index in [1.165, 1.54) is 12.8 Å². The average molecular weight is 375 g/mol. The van der Waals surface area contributed by atoms with E-state index in [0.29, 0.717) is 29.6 Å². The SMILES string of the molecule is COc1nc2c(cc1CNC(=O)[C@@H](C)OC(C)C)C(=O)N(C1CCCC1)C2. The third-order valence-corrected chi connectivity index (χ3v) is 5.21. The number of pyridine rings is 1. The van der Waals surface area contributed by atoms with E-state index in [1.54, 1.807) is 14.0 Å². The first-order chi connectivity index (χ1) is 12.9. The maximum absolute atomic E-state index is 12.8. The van der Waals surface area contributed by atoms with Crippen molar-refractivity contribution < 1.29 is 19.1 Å². The molecule has 7 nitrogen and oxygen atoms in total. The van der Waals surface area contributed by atoms with E-state index in [9.17, 15) is 9.59 Å². The van der Waals surface area contributed by atoms with Crippen LogP contribution in [-0.4, -0.2) is 47.1 Å². The van der Waals surface area contributed by atoms with Gasteiger partial charge in [-0.05, 0) is 39.7 Å². The van der Waals surface area contributed by atoms with Gasteiger partial charge in [-0.3, -0.25) is 9.59 Å².